The van der Waals surface area contributed by atoms with Gasteiger partial charge >= 0.3 is 0 Å². The Morgan fingerprint density at radius 1 is 0.581 bits per heavy atom. The average Bonchev–Trinajstić information content (AvgIpc) is 2.68. The fourth-order valence-electron chi connectivity index (χ4n) is 4.23. The van der Waals surface area contributed by atoms with Crippen LogP contribution in [0.1, 0.15) is 70.6 Å². The van der Waals surface area contributed by atoms with Gasteiger partial charge in [0.25, 0.3) is 0 Å². The molecule has 0 radical (unpaired) electrons. The number of hydrogen-bond donors (Lipinski definition) is 0. The van der Waals surface area contributed by atoms with Gasteiger partial charge < -0.3 is 4.90 Å². The number of nitrogens with zero attached hydrogens (tertiary/aromatic N) is 1. The largest absolute Gasteiger partial charge is 0.311 e. The Hall–Kier alpha value is -2.54. The molecule has 0 saturated carbocycles. The summed E-state index contributed by atoms with van der Waals surface area (Å²) in [7, 11) is 0. The maximum Gasteiger partial charge on any atom is 0.0461 e. The van der Waals surface area contributed by atoms with Crippen molar-refractivity contribution in [3.8, 4) is 0 Å². The average molecular weight is 414 g/mol. The second-order valence-corrected chi connectivity index (χ2v) is 11.3. The Balaban J connectivity index is 2.02. The zero-order valence-electron chi connectivity index (χ0n) is 20.7. The number of rotatable bonds is 5. The van der Waals surface area contributed by atoms with Crippen LogP contribution >= 0.6 is 0 Å². The molecule has 0 N–H and O–H groups in total. The molecule has 0 aromatic heterocycles. The van der Waals surface area contributed by atoms with Crippen molar-refractivity contribution < 1.29 is 0 Å². The van der Waals surface area contributed by atoms with Crippen molar-refractivity contribution in [3.05, 3.63) is 89.5 Å². The highest BCUT2D eigenvalue weighted by molar-refractivity contribution is 5.76. The summed E-state index contributed by atoms with van der Waals surface area (Å²) in [5, 5.41) is 0. The number of hydrogen-bond acceptors (Lipinski definition) is 1. The molecule has 0 amide bonds. The first-order valence-electron chi connectivity index (χ1n) is 11.5. The first-order valence-corrected chi connectivity index (χ1v) is 11.5. The van der Waals surface area contributed by atoms with Crippen molar-refractivity contribution >= 4 is 17.1 Å². The minimum atomic E-state index is 0.225. The molecule has 3 rings (SSSR count). The van der Waals surface area contributed by atoms with Gasteiger partial charge in [-0.1, -0.05) is 89.1 Å². The van der Waals surface area contributed by atoms with E-state index in [4.69, 9.17) is 0 Å². The van der Waals surface area contributed by atoms with E-state index in [1.54, 1.807) is 0 Å². The van der Waals surface area contributed by atoms with Gasteiger partial charge in [-0.15, -0.1) is 0 Å². The van der Waals surface area contributed by atoms with Crippen molar-refractivity contribution in [1.82, 2.24) is 0 Å². The van der Waals surface area contributed by atoms with Crippen LogP contribution in [0.25, 0.3) is 0 Å². The SMILES string of the molecule is Cc1ccc(N(c2ccc(C)cc2)c2ccc(C(CC(C)(C)C)C(C)(C)C)cc2)cc1. The lowest BCUT2D eigenvalue weighted by atomic mass is 9.69. The van der Waals surface area contributed by atoms with E-state index in [9.17, 15) is 0 Å². The molecule has 0 aliphatic heterocycles. The van der Waals surface area contributed by atoms with Gasteiger partial charge in [0.05, 0.1) is 0 Å². The number of anilines is 3. The van der Waals surface area contributed by atoms with E-state index < -0.39 is 0 Å². The molecule has 3 aromatic rings. The van der Waals surface area contributed by atoms with Crippen LogP contribution in [-0.2, 0) is 0 Å². The molecule has 0 fully saturated rings. The third-order valence-electron chi connectivity index (χ3n) is 6.00. The molecule has 0 aliphatic rings. The Bertz CT molecular complexity index is 920. The monoisotopic (exact) mass is 413 g/mol. The van der Waals surface area contributed by atoms with Gasteiger partial charge in [-0.2, -0.15) is 0 Å². The van der Waals surface area contributed by atoms with Crippen molar-refractivity contribution in [3.63, 3.8) is 0 Å². The summed E-state index contributed by atoms with van der Waals surface area (Å²) in [6.07, 6.45) is 1.18. The maximum absolute atomic E-state index is 2.36. The van der Waals surface area contributed by atoms with Crippen molar-refractivity contribution in [2.24, 2.45) is 10.8 Å². The first kappa shape index (κ1) is 23.1. The molecular weight excluding hydrogens is 374 g/mol. The van der Waals surface area contributed by atoms with Crippen LogP contribution in [0.5, 0.6) is 0 Å². The van der Waals surface area contributed by atoms with Gasteiger partial charge in [0.2, 0.25) is 0 Å². The van der Waals surface area contributed by atoms with Crippen molar-refractivity contribution in [2.75, 3.05) is 4.90 Å². The second kappa shape index (κ2) is 8.91. The summed E-state index contributed by atoms with van der Waals surface area (Å²) >= 11 is 0. The van der Waals surface area contributed by atoms with E-state index in [0.29, 0.717) is 11.3 Å². The van der Waals surface area contributed by atoms with Crippen LogP contribution in [-0.4, -0.2) is 0 Å². The Morgan fingerprint density at radius 2 is 0.935 bits per heavy atom. The fourth-order valence-corrected chi connectivity index (χ4v) is 4.23. The molecule has 0 heterocycles. The Morgan fingerprint density at radius 3 is 1.26 bits per heavy atom. The molecular formula is C30H39N. The van der Waals surface area contributed by atoms with E-state index in [1.807, 2.05) is 0 Å². The third kappa shape index (κ3) is 6.00. The first-order chi connectivity index (χ1) is 14.4. The summed E-state index contributed by atoms with van der Waals surface area (Å²) in [5.74, 6) is 0.522. The van der Waals surface area contributed by atoms with E-state index in [2.05, 4.69) is 133 Å². The lowest BCUT2D eigenvalue weighted by Gasteiger charge is -2.36. The quantitative estimate of drug-likeness (QED) is 0.402. The van der Waals surface area contributed by atoms with E-state index in [-0.39, 0.29) is 5.41 Å². The highest BCUT2D eigenvalue weighted by Crippen LogP contribution is 2.44. The van der Waals surface area contributed by atoms with Crippen molar-refractivity contribution in [2.45, 2.75) is 67.7 Å². The topological polar surface area (TPSA) is 3.24 Å². The summed E-state index contributed by atoms with van der Waals surface area (Å²) in [5.41, 5.74) is 8.07. The molecule has 164 valence electrons. The van der Waals surface area contributed by atoms with Crippen LogP contribution in [0.2, 0.25) is 0 Å². The van der Waals surface area contributed by atoms with Crippen LogP contribution in [0, 0.1) is 24.7 Å². The standard InChI is InChI=1S/C30H39N/c1-22-9-15-25(16-10-22)31(26-17-11-23(2)12-18-26)27-19-13-24(14-20-27)28(30(6,7)8)21-29(3,4)5/h9-20,28H,21H2,1-8H3. The second-order valence-electron chi connectivity index (χ2n) is 11.3. The molecule has 1 heteroatoms. The molecule has 3 aromatic carbocycles. The maximum atomic E-state index is 2.36. The molecule has 0 aliphatic carbocycles. The zero-order chi connectivity index (χ0) is 22.8. The van der Waals surface area contributed by atoms with Gasteiger partial charge in [-0.05, 0) is 79.0 Å². The number of aryl methyl sites for hydroxylation is 2. The molecule has 1 nitrogen and oxygen atoms in total. The van der Waals surface area contributed by atoms with Crippen molar-refractivity contribution in [1.29, 1.82) is 0 Å². The molecule has 1 unspecified atom stereocenters. The molecule has 0 bridgehead atoms. The van der Waals surface area contributed by atoms with E-state index in [0.717, 1.165) is 0 Å². The van der Waals surface area contributed by atoms with Gasteiger partial charge in [-0.25, -0.2) is 0 Å². The minimum Gasteiger partial charge on any atom is -0.311 e. The van der Waals surface area contributed by atoms with Gasteiger partial charge in [0.1, 0.15) is 0 Å². The highest BCUT2D eigenvalue weighted by atomic mass is 15.1. The summed E-state index contributed by atoms with van der Waals surface area (Å²) in [6.45, 7) is 18.4. The predicted octanol–water partition coefficient (Wildman–Crippen LogP) is 9.34. The summed E-state index contributed by atoms with van der Waals surface area (Å²) < 4.78 is 0. The highest BCUT2D eigenvalue weighted by Gasteiger charge is 2.30. The predicted molar refractivity (Wildman–Crippen MR) is 137 cm³/mol. The van der Waals surface area contributed by atoms with Crippen LogP contribution in [0.3, 0.4) is 0 Å². The summed E-state index contributed by atoms with van der Waals surface area (Å²) in [6, 6.07) is 26.8. The lowest BCUT2D eigenvalue weighted by molar-refractivity contribution is 0.229. The Kier molecular flexibility index (Phi) is 6.65. The molecule has 1 atom stereocenters. The normalized spacial score (nSPS) is 13.2. The van der Waals surface area contributed by atoms with Crippen LogP contribution in [0.4, 0.5) is 17.1 Å². The van der Waals surface area contributed by atoms with Gasteiger partial charge in [0, 0.05) is 17.1 Å². The lowest BCUT2D eigenvalue weighted by Crippen LogP contribution is -2.23. The minimum absolute atomic E-state index is 0.225. The molecule has 0 saturated heterocycles. The van der Waals surface area contributed by atoms with Gasteiger partial charge in [0.15, 0.2) is 0 Å². The number of benzene rings is 3. The van der Waals surface area contributed by atoms with E-state index >= 15 is 0 Å². The summed E-state index contributed by atoms with van der Waals surface area (Å²) in [4.78, 5) is 2.35. The fraction of sp³-hybridized carbons (Fsp3) is 0.400. The van der Waals surface area contributed by atoms with Crippen LogP contribution in [0.15, 0.2) is 72.8 Å². The Labute approximate surface area is 190 Å². The third-order valence-corrected chi connectivity index (χ3v) is 6.00. The molecule has 0 spiro atoms. The van der Waals surface area contributed by atoms with E-state index in [1.165, 1.54) is 40.2 Å². The van der Waals surface area contributed by atoms with Gasteiger partial charge in [-0.3, -0.25) is 0 Å². The smallest absolute Gasteiger partial charge is 0.0461 e. The zero-order valence-corrected chi connectivity index (χ0v) is 20.7. The molecule has 31 heavy (non-hydrogen) atoms. The van der Waals surface area contributed by atoms with Crippen LogP contribution < -0.4 is 4.90 Å².